The van der Waals surface area contributed by atoms with E-state index in [9.17, 15) is 19.5 Å². The zero-order chi connectivity index (χ0) is 41.1. The van der Waals surface area contributed by atoms with Crippen LogP contribution in [0.4, 0.5) is 5.69 Å². The highest BCUT2D eigenvalue weighted by atomic mass is 32.1. The van der Waals surface area contributed by atoms with Crippen molar-refractivity contribution in [3.63, 3.8) is 0 Å². The Balaban J connectivity index is 0.892. The Bertz CT molecular complexity index is 1860. The molecule has 3 N–H and O–H groups in total. The number of thiazole rings is 1. The molecule has 13 nitrogen and oxygen atoms in total. The third-order valence-corrected chi connectivity index (χ3v) is 12.7. The molecule has 3 amide bonds. The van der Waals surface area contributed by atoms with Gasteiger partial charge in [0, 0.05) is 57.1 Å². The number of unbranched alkanes of at least 4 members (excludes halogenated alkanes) is 1. The van der Waals surface area contributed by atoms with Crippen LogP contribution in [-0.4, -0.2) is 127 Å². The van der Waals surface area contributed by atoms with E-state index in [1.807, 2.05) is 21.2 Å². The number of carbonyl (C=O) groups is 3. The van der Waals surface area contributed by atoms with Crippen LogP contribution >= 0.6 is 11.3 Å². The molecule has 0 unspecified atom stereocenters. The number of phenols is 1. The number of likely N-dealkylation sites (tertiary alicyclic amines) is 1. The molecule has 4 heterocycles. The van der Waals surface area contributed by atoms with Crippen molar-refractivity contribution in [3.8, 4) is 11.5 Å². The van der Waals surface area contributed by atoms with Gasteiger partial charge in [-0.1, -0.05) is 51.5 Å². The molecule has 0 bridgehead atoms. The highest BCUT2D eigenvalue weighted by molar-refractivity contribution is 7.09. The van der Waals surface area contributed by atoms with Crippen molar-refractivity contribution in [3.05, 3.63) is 68.7 Å². The van der Waals surface area contributed by atoms with E-state index in [0.717, 1.165) is 68.9 Å². The van der Waals surface area contributed by atoms with Crippen LogP contribution in [0.25, 0.3) is 0 Å². The summed E-state index contributed by atoms with van der Waals surface area (Å²) in [6.45, 7) is 16.6. The lowest BCUT2D eigenvalue weighted by Crippen LogP contribution is -2.58. The van der Waals surface area contributed by atoms with Gasteiger partial charge in [0.15, 0.2) is 12.4 Å². The molecule has 0 radical (unpaired) electrons. The molecule has 14 heteroatoms. The maximum Gasteiger partial charge on any atom is 0.273 e. The van der Waals surface area contributed by atoms with Gasteiger partial charge in [-0.3, -0.25) is 19.3 Å². The van der Waals surface area contributed by atoms with Crippen LogP contribution in [-0.2, 0) is 38.4 Å². The summed E-state index contributed by atoms with van der Waals surface area (Å²) < 4.78 is 18.0. The largest absolute Gasteiger partial charge is 0.506 e. The number of anilines is 1. The van der Waals surface area contributed by atoms with Crippen molar-refractivity contribution in [2.45, 2.75) is 90.7 Å². The van der Waals surface area contributed by atoms with Crippen molar-refractivity contribution in [2.75, 3.05) is 84.1 Å². The summed E-state index contributed by atoms with van der Waals surface area (Å²) in [5, 5.41) is 19.1. The van der Waals surface area contributed by atoms with Gasteiger partial charge in [-0.25, -0.2) is 4.98 Å². The van der Waals surface area contributed by atoms with Gasteiger partial charge >= 0.3 is 0 Å². The Morgan fingerprint density at radius 1 is 1.07 bits per heavy atom. The molecule has 3 aliphatic rings. The number of aromatic hydroxyl groups is 1. The minimum absolute atomic E-state index is 0.0103. The first kappa shape index (κ1) is 43.5. The second-order valence-corrected chi connectivity index (χ2v) is 17.0. The summed E-state index contributed by atoms with van der Waals surface area (Å²) in [6.07, 6.45) is 5.54. The van der Waals surface area contributed by atoms with E-state index in [4.69, 9.17) is 14.2 Å². The molecule has 0 atom stereocenters. The summed E-state index contributed by atoms with van der Waals surface area (Å²) in [7, 11) is 0. The molecular formula is C44H62N6O7S. The van der Waals surface area contributed by atoms with Gasteiger partial charge in [0.2, 0.25) is 5.91 Å². The second-order valence-electron chi connectivity index (χ2n) is 16.1. The summed E-state index contributed by atoms with van der Waals surface area (Å²) in [5.41, 5.74) is 5.37. The van der Waals surface area contributed by atoms with Crippen molar-refractivity contribution in [1.29, 1.82) is 0 Å². The average Bonchev–Trinajstić information content (AvgIpc) is 3.73. The van der Waals surface area contributed by atoms with Crippen LogP contribution < -0.4 is 15.4 Å². The average molecular weight is 819 g/mol. The number of piperidine rings is 1. The minimum atomic E-state index is -0.296. The van der Waals surface area contributed by atoms with Crippen LogP contribution in [0.1, 0.15) is 96.5 Å². The van der Waals surface area contributed by atoms with Crippen LogP contribution in [0.3, 0.4) is 0 Å². The Morgan fingerprint density at radius 2 is 1.88 bits per heavy atom. The molecule has 3 aliphatic heterocycles. The van der Waals surface area contributed by atoms with Gasteiger partial charge in [0.25, 0.3) is 11.8 Å². The SMILES string of the molecule is CCCCN(CCNCCc1ccc(O)c2c1OCC(=O)N2)C(=O)CCOCCc1cccc(CN2CCC3(CC2)CN(C(=O)c2csc(C(C)C)n2)CCO3)c1C. The number of carbonyl (C=O) groups excluding carboxylic acids is 3. The molecule has 0 aliphatic carbocycles. The summed E-state index contributed by atoms with van der Waals surface area (Å²) in [6, 6.07) is 9.91. The third-order valence-electron chi connectivity index (χ3n) is 11.6. The molecule has 316 valence electrons. The second kappa shape index (κ2) is 20.7. The fourth-order valence-corrected chi connectivity index (χ4v) is 8.77. The quantitative estimate of drug-likeness (QED) is 0.104. The fraction of sp³-hybridized carbons (Fsp3) is 0.591. The zero-order valence-corrected chi connectivity index (χ0v) is 35.6. The molecule has 2 aromatic carbocycles. The minimum Gasteiger partial charge on any atom is -0.506 e. The lowest BCUT2D eigenvalue weighted by Gasteiger charge is -2.47. The van der Waals surface area contributed by atoms with Crippen LogP contribution in [0.15, 0.2) is 35.7 Å². The highest BCUT2D eigenvalue weighted by Crippen LogP contribution is 2.39. The van der Waals surface area contributed by atoms with Gasteiger partial charge in [0.05, 0.1) is 43.4 Å². The van der Waals surface area contributed by atoms with Gasteiger partial charge in [0.1, 0.15) is 17.1 Å². The number of benzene rings is 2. The molecule has 1 spiro atoms. The molecule has 1 aromatic heterocycles. The molecule has 2 fully saturated rings. The number of phenolic OH excluding ortho intramolecular Hbond substituents is 1. The van der Waals surface area contributed by atoms with E-state index < -0.39 is 0 Å². The first-order valence-electron chi connectivity index (χ1n) is 21.1. The molecule has 2 saturated heterocycles. The van der Waals surface area contributed by atoms with E-state index in [2.05, 4.69) is 66.4 Å². The van der Waals surface area contributed by atoms with Gasteiger partial charge in [-0.2, -0.15) is 0 Å². The maximum absolute atomic E-state index is 13.3. The lowest BCUT2D eigenvalue weighted by atomic mass is 9.88. The number of aromatic nitrogens is 1. The zero-order valence-electron chi connectivity index (χ0n) is 34.8. The van der Waals surface area contributed by atoms with E-state index in [0.29, 0.717) is 88.4 Å². The summed E-state index contributed by atoms with van der Waals surface area (Å²) >= 11 is 1.56. The number of nitrogens with one attached hydrogen (secondary N) is 2. The number of ether oxygens (including phenoxy) is 3. The van der Waals surface area contributed by atoms with Crippen molar-refractivity contribution < 1.29 is 33.7 Å². The van der Waals surface area contributed by atoms with Crippen LogP contribution in [0.5, 0.6) is 11.5 Å². The predicted octanol–water partition coefficient (Wildman–Crippen LogP) is 5.53. The lowest BCUT2D eigenvalue weighted by molar-refractivity contribution is -0.132. The topological polar surface area (TPSA) is 146 Å². The molecule has 58 heavy (non-hydrogen) atoms. The Labute approximate surface area is 347 Å². The number of nitrogens with zero attached hydrogens (tertiary/aromatic N) is 4. The van der Waals surface area contributed by atoms with E-state index in [1.54, 1.807) is 17.4 Å². The Hall–Kier alpha value is -4.08. The highest BCUT2D eigenvalue weighted by Gasteiger charge is 2.41. The van der Waals surface area contributed by atoms with Gasteiger partial charge in [-0.15, -0.1) is 11.3 Å². The number of fused-ring (bicyclic) bond motifs is 1. The fourth-order valence-electron chi connectivity index (χ4n) is 7.96. The van der Waals surface area contributed by atoms with E-state index in [-0.39, 0.29) is 35.7 Å². The number of hydrogen-bond donors (Lipinski definition) is 3. The first-order valence-corrected chi connectivity index (χ1v) is 22.0. The maximum atomic E-state index is 13.3. The molecule has 3 aromatic rings. The van der Waals surface area contributed by atoms with Crippen molar-refractivity contribution >= 4 is 34.7 Å². The monoisotopic (exact) mass is 818 g/mol. The normalized spacial score (nSPS) is 16.6. The Morgan fingerprint density at radius 3 is 2.66 bits per heavy atom. The number of rotatable bonds is 19. The number of amides is 3. The molecule has 0 saturated carbocycles. The van der Waals surface area contributed by atoms with Crippen molar-refractivity contribution in [1.82, 2.24) is 25.0 Å². The van der Waals surface area contributed by atoms with E-state index >= 15 is 0 Å². The van der Waals surface area contributed by atoms with Crippen LogP contribution in [0.2, 0.25) is 0 Å². The number of hydrogen-bond acceptors (Lipinski definition) is 11. The summed E-state index contributed by atoms with van der Waals surface area (Å²) in [5.74, 6) is 0.654. The van der Waals surface area contributed by atoms with Gasteiger partial charge in [-0.05, 0) is 73.9 Å². The van der Waals surface area contributed by atoms with E-state index in [1.165, 1.54) is 16.7 Å². The number of morpholine rings is 1. The summed E-state index contributed by atoms with van der Waals surface area (Å²) in [4.78, 5) is 49.2. The predicted molar refractivity (Wildman–Crippen MR) is 226 cm³/mol. The van der Waals surface area contributed by atoms with Crippen LogP contribution in [0, 0.1) is 6.92 Å². The Kier molecular flexibility index (Phi) is 15.6. The molecular weight excluding hydrogens is 757 g/mol. The van der Waals surface area contributed by atoms with Crippen molar-refractivity contribution in [2.24, 2.45) is 0 Å². The van der Waals surface area contributed by atoms with Gasteiger partial charge < -0.3 is 39.8 Å². The first-order chi connectivity index (χ1) is 28.1. The standard InChI is InChI=1S/C44H62N6O7S/c1-5-6-19-49(22-18-45-17-12-34-10-11-37(51)40-41(34)56-28-38(52)47-40)39(53)14-25-55-24-13-33-8-7-9-35(32(33)4)27-48-20-15-44(16-21-48)30-50(23-26-57-44)43(54)36-29-58-42(46-36)31(2)3/h7-11,29,31,45,51H,5-6,12-28,30H2,1-4H3,(H,47,52). The smallest absolute Gasteiger partial charge is 0.273 e. The molecule has 6 rings (SSSR count). The third kappa shape index (κ3) is 11.3.